The zero-order valence-corrected chi connectivity index (χ0v) is 20.4. The van der Waals surface area contributed by atoms with E-state index in [9.17, 15) is 9.18 Å². The Labute approximate surface area is 210 Å². The number of fused-ring (bicyclic) bond motifs is 1. The van der Waals surface area contributed by atoms with Crippen LogP contribution in [0.2, 0.25) is 0 Å². The number of amides is 1. The van der Waals surface area contributed by atoms with Crippen molar-refractivity contribution < 1.29 is 13.9 Å². The Kier molecular flexibility index (Phi) is 8.17. The smallest absolute Gasteiger partial charge is 0.257 e. The van der Waals surface area contributed by atoms with E-state index in [2.05, 4.69) is 10.1 Å². The van der Waals surface area contributed by atoms with Gasteiger partial charge < -0.3 is 15.4 Å². The van der Waals surface area contributed by atoms with E-state index < -0.39 is 5.82 Å². The fourth-order valence-electron chi connectivity index (χ4n) is 4.09. The number of aromatic nitrogens is 3. The summed E-state index contributed by atoms with van der Waals surface area (Å²) < 4.78 is 22.4. The van der Waals surface area contributed by atoms with E-state index in [4.69, 9.17) is 10.5 Å². The van der Waals surface area contributed by atoms with E-state index in [-0.39, 0.29) is 42.3 Å². The van der Waals surface area contributed by atoms with Crippen molar-refractivity contribution in [3.63, 3.8) is 0 Å². The van der Waals surface area contributed by atoms with E-state index >= 15 is 0 Å². The molecule has 1 saturated carbocycles. The summed E-state index contributed by atoms with van der Waals surface area (Å²) in [5, 5.41) is 4.59. The molecule has 1 aliphatic heterocycles. The predicted octanol–water partition coefficient (Wildman–Crippen LogP) is 4.65. The molecule has 0 bridgehead atoms. The molecule has 182 valence electrons. The van der Waals surface area contributed by atoms with Gasteiger partial charge in [0.1, 0.15) is 23.1 Å². The van der Waals surface area contributed by atoms with Crippen molar-refractivity contribution in [2.24, 2.45) is 5.73 Å². The van der Waals surface area contributed by atoms with E-state index in [1.54, 1.807) is 4.90 Å². The van der Waals surface area contributed by atoms with Gasteiger partial charge in [0.05, 0.1) is 18.2 Å². The van der Waals surface area contributed by atoms with Crippen LogP contribution in [-0.2, 0) is 13.0 Å². The third-order valence-electron chi connectivity index (χ3n) is 6.07. The van der Waals surface area contributed by atoms with Gasteiger partial charge in [0, 0.05) is 12.5 Å². The van der Waals surface area contributed by atoms with E-state index in [0.29, 0.717) is 37.1 Å². The van der Waals surface area contributed by atoms with E-state index in [1.165, 1.54) is 18.2 Å². The SMILES string of the molecule is C[C@@H]1c2nc(C3CC3)nn2CCN1C(=O)c1cc(Oc2ccc(CCN)cc2)ccc1F.Cl.Cl. The lowest BCUT2D eigenvalue weighted by Gasteiger charge is -2.33. The lowest BCUT2D eigenvalue weighted by molar-refractivity contribution is 0.0625. The summed E-state index contributed by atoms with van der Waals surface area (Å²) in [6.07, 6.45) is 3.03. The quantitative estimate of drug-likeness (QED) is 0.524. The number of carbonyl (C=O) groups excluding carboxylic acids is 1. The number of rotatable bonds is 6. The van der Waals surface area contributed by atoms with Gasteiger partial charge in [-0.25, -0.2) is 14.1 Å². The van der Waals surface area contributed by atoms with Gasteiger partial charge in [-0.15, -0.1) is 24.8 Å². The molecule has 1 atom stereocenters. The van der Waals surface area contributed by atoms with Crippen LogP contribution in [0.15, 0.2) is 42.5 Å². The van der Waals surface area contributed by atoms with Crippen LogP contribution in [0.4, 0.5) is 4.39 Å². The van der Waals surface area contributed by atoms with Crippen LogP contribution in [0.3, 0.4) is 0 Å². The zero-order valence-electron chi connectivity index (χ0n) is 18.8. The molecule has 0 spiro atoms. The largest absolute Gasteiger partial charge is 0.457 e. The lowest BCUT2D eigenvalue weighted by atomic mass is 10.1. The predicted molar refractivity (Wildman–Crippen MR) is 132 cm³/mol. The van der Waals surface area contributed by atoms with Crippen LogP contribution >= 0.6 is 24.8 Å². The second-order valence-corrected chi connectivity index (χ2v) is 8.43. The van der Waals surface area contributed by atoms with Gasteiger partial charge in [0.25, 0.3) is 5.91 Å². The molecule has 3 aromatic rings. The van der Waals surface area contributed by atoms with Crippen molar-refractivity contribution in [1.82, 2.24) is 19.7 Å². The Balaban J connectivity index is 0.00000162. The molecule has 1 amide bonds. The van der Waals surface area contributed by atoms with Crippen molar-refractivity contribution in [1.29, 1.82) is 0 Å². The Morgan fingerprint density at radius 3 is 2.50 bits per heavy atom. The number of hydrogen-bond acceptors (Lipinski definition) is 5. The summed E-state index contributed by atoms with van der Waals surface area (Å²) in [7, 11) is 0. The summed E-state index contributed by atoms with van der Waals surface area (Å²) in [5.74, 6) is 2.14. The first-order valence-corrected chi connectivity index (χ1v) is 11.1. The minimum Gasteiger partial charge on any atom is -0.457 e. The topological polar surface area (TPSA) is 86.3 Å². The van der Waals surface area contributed by atoms with Crippen LogP contribution < -0.4 is 10.5 Å². The van der Waals surface area contributed by atoms with Gasteiger partial charge in [-0.1, -0.05) is 12.1 Å². The Morgan fingerprint density at radius 1 is 1.12 bits per heavy atom. The van der Waals surface area contributed by atoms with Crippen molar-refractivity contribution in [2.75, 3.05) is 13.1 Å². The molecule has 2 heterocycles. The third-order valence-corrected chi connectivity index (χ3v) is 6.07. The number of nitrogens with two attached hydrogens (primary N) is 1. The molecule has 1 aliphatic carbocycles. The summed E-state index contributed by atoms with van der Waals surface area (Å²) in [6, 6.07) is 11.5. The Bertz CT molecular complexity index is 1150. The number of ether oxygens (including phenoxy) is 1. The molecule has 0 saturated heterocycles. The van der Waals surface area contributed by atoms with Gasteiger partial charge in [0.15, 0.2) is 5.82 Å². The summed E-state index contributed by atoms with van der Waals surface area (Å²) in [5.41, 5.74) is 6.69. The first kappa shape index (κ1) is 25.9. The first-order valence-electron chi connectivity index (χ1n) is 11.1. The molecular weight excluding hydrogens is 480 g/mol. The number of carbonyl (C=O) groups is 1. The summed E-state index contributed by atoms with van der Waals surface area (Å²) >= 11 is 0. The maximum Gasteiger partial charge on any atom is 0.257 e. The van der Waals surface area contributed by atoms with Gasteiger partial charge in [0.2, 0.25) is 0 Å². The fourth-order valence-corrected chi connectivity index (χ4v) is 4.09. The van der Waals surface area contributed by atoms with Crippen LogP contribution in [0.5, 0.6) is 11.5 Å². The molecule has 2 aliphatic rings. The Morgan fingerprint density at radius 2 is 1.82 bits per heavy atom. The van der Waals surface area contributed by atoms with Crippen molar-refractivity contribution >= 4 is 30.7 Å². The second-order valence-electron chi connectivity index (χ2n) is 8.43. The normalized spacial score (nSPS) is 16.8. The molecule has 0 unspecified atom stereocenters. The van der Waals surface area contributed by atoms with Gasteiger partial charge in [-0.2, -0.15) is 5.10 Å². The molecule has 7 nitrogen and oxygen atoms in total. The molecule has 5 rings (SSSR count). The van der Waals surface area contributed by atoms with Crippen LogP contribution in [-0.4, -0.2) is 38.7 Å². The molecule has 1 aromatic heterocycles. The number of benzene rings is 2. The standard InChI is InChI=1S/C24H26FN5O2.2ClH/c1-15-23-27-22(17-4-5-17)28-30(23)13-12-29(15)24(31)20-14-19(8-9-21(20)25)32-18-6-2-16(3-7-18)10-11-26;;/h2-3,6-9,14-15,17H,4-5,10-13,26H2,1H3;2*1H/t15-;;/m1../s1. The van der Waals surface area contributed by atoms with E-state index in [1.807, 2.05) is 35.9 Å². The minimum atomic E-state index is -0.571. The fraction of sp³-hybridized carbons (Fsp3) is 0.375. The van der Waals surface area contributed by atoms with Crippen LogP contribution in [0.25, 0.3) is 0 Å². The molecule has 34 heavy (non-hydrogen) atoms. The number of hydrogen-bond donors (Lipinski definition) is 1. The van der Waals surface area contributed by atoms with Gasteiger partial charge >= 0.3 is 0 Å². The maximum absolute atomic E-state index is 14.6. The van der Waals surface area contributed by atoms with Gasteiger partial charge in [-0.05, 0) is 68.6 Å². The molecular formula is C24H28Cl2FN5O2. The average Bonchev–Trinajstić information content (AvgIpc) is 3.55. The highest BCUT2D eigenvalue weighted by Gasteiger charge is 2.35. The van der Waals surface area contributed by atoms with E-state index in [0.717, 1.165) is 36.5 Å². The number of nitrogens with zero attached hydrogens (tertiary/aromatic N) is 4. The highest BCUT2D eigenvalue weighted by molar-refractivity contribution is 5.95. The second kappa shape index (κ2) is 10.7. The van der Waals surface area contributed by atoms with Crippen LogP contribution in [0, 0.1) is 5.82 Å². The third kappa shape index (κ3) is 5.19. The summed E-state index contributed by atoms with van der Waals surface area (Å²) in [6.45, 7) is 3.50. The highest BCUT2D eigenvalue weighted by atomic mass is 35.5. The van der Waals surface area contributed by atoms with Crippen molar-refractivity contribution in [2.45, 2.75) is 44.7 Å². The highest BCUT2D eigenvalue weighted by Crippen LogP contribution is 2.39. The van der Waals surface area contributed by atoms with Gasteiger partial charge in [-0.3, -0.25) is 4.79 Å². The molecule has 0 radical (unpaired) electrons. The number of halogens is 3. The van der Waals surface area contributed by atoms with Crippen molar-refractivity contribution in [3.8, 4) is 11.5 Å². The zero-order chi connectivity index (χ0) is 22.2. The first-order chi connectivity index (χ1) is 15.5. The van der Waals surface area contributed by atoms with Crippen molar-refractivity contribution in [3.05, 3.63) is 71.1 Å². The molecule has 1 fully saturated rings. The monoisotopic (exact) mass is 507 g/mol. The molecule has 10 heteroatoms. The van der Waals surface area contributed by atoms with Crippen LogP contribution in [0.1, 0.15) is 59.3 Å². The molecule has 2 N–H and O–H groups in total. The maximum atomic E-state index is 14.6. The summed E-state index contributed by atoms with van der Waals surface area (Å²) in [4.78, 5) is 19.6. The lowest BCUT2D eigenvalue weighted by Crippen LogP contribution is -2.41. The molecule has 2 aromatic carbocycles. The average molecular weight is 508 g/mol. The minimum absolute atomic E-state index is 0. The Hall–Kier alpha value is -2.68.